The first kappa shape index (κ1) is 12.9. The van der Waals surface area contributed by atoms with E-state index in [-0.39, 0.29) is 0 Å². The summed E-state index contributed by atoms with van der Waals surface area (Å²) >= 11 is 5.97. The molecule has 1 fully saturated rings. The van der Waals surface area contributed by atoms with E-state index < -0.39 is 10.0 Å². The van der Waals surface area contributed by atoms with Crippen LogP contribution >= 0.6 is 11.6 Å². The summed E-state index contributed by atoms with van der Waals surface area (Å²) in [5, 5.41) is 0.659. The largest absolute Gasteiger partial charge is 0.213 e. The summed E-state index contributed by atoms with van der Waals surface area (Å²) in [6, 6.07) is 5.77. The molecule has 0 atom stereocenters. The molecule has 0 heterocycles. The molecule has 0 radical (unpaired) electrons. The van der Waals surface area contributed by atoms with Crippen LogP contribution in [0, 0.1) is 0 Å². The van der Waals surface area contributed by atoms with Gasteiger partial charge in [-0.1, -0.05) is 17.7 Å². The summed E-state index contributed by atoms with van der Waals surface area (Å²) in [6.07, 6.45) is 3.60. The van der Waals surface area contributed by atoms with Crippen molar-refractivity contribution < 1.29 is 8.42 Å². The summed E-state index contributed by atoms with van der Waals surface area (Å²) in [7, 11) is -1.56. The Morgan fingerprint density at radius 3 is 2.59 bits per heavy atom. The minimum absolute atomic E-state index is 0.394. The van der Waals surface area contributed by atoms with Crippen molar-refractivity contribution in [3.05, 3.63) is 34.3 Å². The normalized spacial score (nSPS) is 16.5. The Morgan fingerprint density at radius 2 is 2.06 bits per heavy atom. The van der Waals surface area contributed by atoms with Crippen molar-refractivity contribution in [1.29, 1.82) is 0 Å². The first-order valence-electron chi connectivity index (χ1n) is 5.57. The fourth-order valence-electron chi connectivity index (χ4n) is 1.86. The van der Waals surface area contributed by atoms with Crippen molar-refractivity contribution in [2.75, 3.05) is 13.3 Å². The van der Waals surface area contributed by atoms with Crippen LogP contribution in [0.1, 0.15) is 29.9 Å². The number of nitrogens with zero attached hydrogens (tertiary/aromatic N) is 1. The SMILES string of the molecule is CN(Cc1cc(Cl)ccc1C1CC1)S(C)(=O)=O. The third-order valence-electron chi connectivity index (χ3n) is 3.08. The third kappa shape index (κ3) is 3.21. The molecule has 0 spiro atoms. The molecule has 0 amide bonds. The topological polar surface area (TPSA) is 37.4 Å². The predicted octanol–water partition coefficient (Wildman–Crippen LogP) is 2.61. The highest BCUT2D eigenvalue weighted by molar-refractivity contribution is 7.88. The molecule has 1 aromatic rings. The van der Waals surface area contributed by atoms with E-state index in [1.54, 1.807) is 7.05 Å². The Bertz CT molecular complexity index is 523. The van der Waals surface area contributed by atoms with Gasteiger partial charge in [-0.15, -0.1) is 0 Å². The second-order valence-electron chi connectivity index (χ2n) is 4.64. The lowest BCUT2D eigenvalue weighted by Gasteiger charge is -2.17. The van der Waals surface area contributed by atoms with Crippen LogP contribution in [-0.4, -0.2) is 26.0 Å². The fourth-order valence-corrected chi connectivity index (χ4v) is 2.43. The first-order valence-corrected chi connectivity index (χ1v) is 7.80. The average Bonchev–Trinajstić information content (AvgIpc) is 3.00. The molecule has 17 heavy (non-hydrogen) atoms. The van der Waals surface area contributed by atoms with Gasteiger partial charge in [0.15, 0.2) is 0 Å². The molecule has 0 bridgehead atoms. The van der Waals surface area contributed by atoms with Crippen LogP contribution in [0.5, 0.6) is 0 Å². The molecule has 1 aromatic carbocycles. The molecule has 0 saturated heterocycles. The van der Waals surface area contributed by atoms with Gasteiger partial charge >= 0.3 is 0 Å². The van der Waals surface area contributed by atoms with E-state index in [9.17, 15) is 8.42 Å². The van der Waals surface area contributed by atoms with Gasteiger partial charge < -0.3 is 0 Å². The number of benzene rings is 1. The highest BCUT2D eigenvalue weighted by Gasteiger charge is 2.26. The molecule has 2 rings (SSSR count). The number of halogens is 1. The van der Waals surface area contributed by atoms with Crippen LogP contribution in [0.2, 0.25) is 5.02 Å². The maximum atomic E-state index is 11.4. The monoisotopic (exact) mass is 273 g/mol. The number of hydrogen-bond acceptors (Lipinski definition) is 2. The van der Waals surface area contributed by atoms with Gasteiger partial charge in [-0.05, 0) is 42.0 Å². The summed E-state index contributed by atoms with van der Waals surface area (Å²) < 4.78 is 24.2. The van der Waals surface area contributed by atoms with E-state index in [1.807, 2.05) is 18.2 Å². The van der Waals surface area contributed by atoms with Gasteiger partial charge in [0.05, 0.1) is 6.26 Å². The highest BCUT2D eigenvalue weighted by Crippen LogP contribution is 2.42. The third-order valence-corrected chi connectivity index (χ3v) is 4.58. The van der Waals surface area contributed by atoms with Gasteiger partial charge in [0.25, 0.3) is 0 Å². The zero-order valence-corrected chi connectivity index (χ0v) is 11.6. The molecule has 94 valence electrons. The Labute approximate surface area is 107 Å². The number of hydrogen-bond donors (Lipinski definition) is 0. The van der Waals surface area contributed by atoms with E-state index in [0.717, 1.165) is 5.56 Å². The molecular weight excluding hydrogens is 258 g/mol. The van der Waals surface area contributed by atoms with Gasteiger partial charge in [-0.3, -0.25) is 0 Å². The zero-order chi connectivity index (χ0) is 12.6. The molecule has 0 aromatic heterocycles. The highest BCUT2D eigenvalue weighted by atomic mass is 35.5. The second kappa shape index (κ2) is 4.59. The average molecular weight is 274 g/mol. The Kier molecular flexibility index (Phi) is 3.48. The van der Waals surface area contributed by atoms with Crippen molar-refractivity contribution in [3.63, 3.8) is 0 Å². The molecular formula is C12H16ClNO2S. The quantitative estimate of drug-likeness (QED) is 0.846. The smallest absolute Gasteiger partial charge is 0.211 e. The number of sulfonamides is 1. The first-order chi connectivity index (χ1) is 7.88. The Morgan fingerprint density at radius 1 is 1.41 bits per heavy atom. The van der Waals surface area contributed by atoms with Crippen LogP contribution in [0.4, 0.5) is 0 Å². The molecule has 1 aliphatic carbocycles. The second-order valence-corrected chi connectivity index (χ2v) is 7.16. The lowest BCUT2D eigenvalue weighted by atomic mass is 10.0. The summed E-state index contributed by atoms with van der Waals surface area (Å²) in [4.78, 5) is 0. The van der Waals surface area contributed by atoms with E-state index >= 15 is 0 Å². The summed E-state index contributed by atoms with van der Waals surface area (Å²) in [5.74, 6) is 0.593. The van der Waals surface area contributed by atoms with E-state index in [1.165, 1.54) is 29.0 Å². The lowest BCUT2D eigenvalue weighted by Crippen LogP contribution is -2.25. The van der Waals surface area contributed by atoms with Crippen molar-refractivity contribution in [2.45, 2.75) is 25.3 Å². The summed E-state index contributed by atoms with van der Waals surface area (Å²) in [5.41, 5.74) is 2.26. The van der Waals surface area contributed by atoms with Crippen LogP contribution in [0.15, 0.2) is 18.2 Å². The van der Waals surface area contributed by atoms with Gasteiger partial charge in [-0.2, -0.15) is 0 Å². The van der Waals surface area contributed by atoms with Crippen molar-refractivity contribution in [2.24, 2.45) is 0 Å². The van der Waals surface area contributed by atoms with Crippen molar-refractivity contribution >= 4 is 21.6 Å². The van der Waals surface area contributed by atoms with Gasteiger partial charge in [0.1, 0.15) is 0 Å². The zero-order valence-electron chi connectivity index (χ0n) is 9.98. The van der Waals surface area contributed by atoms with E-state index in [0.29, 0.717) is 17.5 Å². The fraction of sp³-hybridized carbons (Fsp3) is 0.500. The lowest BCUT2D eigenvalue weighted by molar-refractivity contribution is 0.471. The molecule has 3 nitrogen and oxygen atoms in total. The molecule has 1 aliphatic rings. The molecule has 0 N–H and O–H groups in total. The standard InChI is InChI=1S/C12H16ClNO2S/c1-14(17(2,15)16)8-10-7-11(13)5-6-12(10)9-3-4-9/h5-7,9H,3-4,8H2,1-2H3. The summed E-state index contributed by atoms with van der Waals surface area (Å²) in [6.45, 7) is 0.394. The van der Waals surface area contributed by atoms with E-state index in [2.05, 4.69) is 0 Å². The molecule has 1 saturated carbocycles. The van der Waals surface area contributed by atoms with Crippen molar-refractivity contribution in [3.8, 4) is 0 Å². The molecule has 5 heteroatoms. The number of rotatable bonds is 4. The minimum Gasteiger partial charge on any atom is -0.213 e. The Hall–Kier alpha value is -0.580. The van der Waals surface area contributed by atoms with Gasteiger partial charge in [0.2, 0.25) is 10.0 Å². The maximum Gasteiger partial charge on any atom is 0.211 e. The van der Waals surface area contributed by atoms with Crippen molar-refractivity contribution in [1.82, 2.24) is 4.31 Å². The van der Waals surface area contributed by atoms with Crippen LogP contribution in [-0.2, 0) is 16.6 Å². The predicted molar refractivity (Wildman–Crippen MR) is 69.7 cm³/mol. The molecule has 0 unspecified atom stereocenters. The van der Waals surface area contributed by atoms with Crippen LogP contribution < -0.4 is 0 Å². The van der Waals surface area contributed by atoms with Gasteiger partial charge in [-0.25, -0.2) is 12.7 Å². The molecule has 0 aliphatic heterocycles. The van der Waals surface area contributed by atoms with E-state index in [4.69, 9.17) is 11.6 Å². The van der Waals surface area contributed by atoms with Crippen LogP contribution in [0.25, 0.3) is 0 Å². The Balaban J connectivity index is 2.27. The minimum atomic E-state index is -3.15. The van der Waals surface area contributed by atoms with Gasteiger partial charge in [0, 0.05) is 18.6 Å². The van der Waals surface area contributed by atoms with Crippen LogP contribution in [0.3, 0.4) is 0 Å². The maximum absolute atomic E-state index is 11.4.